The molecule has 0 unspecified atom stereocenters. The van der Waals surface area contributed by atoms with Gasteiger partial charge in [-0.2, -0.15) is 0 Å². The van der Waals surface area contributed by atoms with Crippen molar-refractivity contribution < 1.29 is 14.3 Å². The number of benzene rings is 1. The Hall–Kier alpha value is -1.46. The van der Waals surface area contributed by atoms with Crippen LogP contribution in [0.15, 0.2) is 18.2 Å². The highest BCUT2D eigenvalue weighted by Crippen LogP contribution is 2.40. The highest BCUT2D eigenvalue weighted by molar-refractivity contribution is 5.96. The van der Waals surface area contributed by atoms with Crippen LogP contribution in [-0.2, 0) is 0 Å². The van der Waals surface area contributed by atoms with E-state index in [1.807, 2.05) is 0 Å². The van der Waals surface area contributed by atoms with Crippen LogP contribution < -0.4 is 0 Å². The van der Waals surface area contributed by atoms with Gasteiger partial charge in [-0.05, 0) is 56.6 Å². The number of piperidine rings is 2. The summed E-state index contributed by atoms with van der Waals surface area (Å²) in [4.78, 5) is 17.4. The van der Waals surface area contributed by atoms with E-state index >= 15 is 0 Å². The average Bonchev–Trinajstić information content (AvgIpc) is 2.61. The van der Waals surface area contributed by atoms with Crippen molar-refractivity contribution in [1.29, 1.82) is 0 Å². The molecule has 5 heteroatoms. The normalized spacial score (nSPS) is 29.7. The molecular formula is C22H31FN2O2. The Morgan fingerprint density at radius 2 is 2.04 bits per heavy atom. The number of aliphatic hydroxyl groups is 1. The van der Waals surface area contributed by atoms with Gasteiger partial charge in [0.15, 0.2) is 0 Å². The molecule has 0 bridgehead atoms. The van der Waals surface area contributed by atoms with Gasteiger partial charge in [-0.15, -0.1) is 0 Å². The number of rotatable bonds is 3. The first-order chi connectivity index (χ1) is 13.0. The first-order valence-corrected chi connectivity index (χ1v) is 10.4. The van der Waals surface area contributed by atoms with E-state index in [0.717, 1.165) is 44.8 Å². The van der Waals surface area contributed by atoms with Crippen LogP contribution in [0.25, 0.3) is 0 Å². The number of hydrogen-bond donors (Lipinski definition) is 1. The number of likely N-dealkylation sites (tertiary alicyclic amines) is 2. The fraction of sp³-hybridized carbons (Fsp3) is 0.682. The van der Waals surface area contributed by atoms with E-state index in [0.29, 0.717) is 18.7 Å². The predicted molar refractivity (Wildman–Crippen MR) is 103 cm³/mol. The van der Waals surface area contributed by atoms with Crippen LogP contribution in [-0.4, -0.2) is 59.6 Å². The molecule has 0 aromatic heterocycles. The van der Waals surface area contributed by atoms with Crippen molar-refractivity contribution in [2.45, 2.75) is 51.6 Å². The number of hydrogen-bond acceptors (Lipinski definition) is 3. The average molecular weight is 375 g/mol. The van der Waals surface area contributed by atoms with Crippen LogP contribution in [0.5, 0.6) is 0 Å². The number of aryl methyl sites for hydroxylation is 1. The van der Waals surface area contributed by atoms with Gasteiger partial charge in [0.1, 0.15) is 5.82 Å². The quantitative estimate of drug-likeness (QED) is 0.883. The highest BCUT2D eigenvalue weighted by atomic mass is 19.1. The van der Waals surface area contributed by atoms with Crippen LogP contribution in [0.4, 0.5) is 4.39 Å². The Labute approximate surface area is 161 Å². The fourth-order valence-electron chi connectivity index (χ4n) is 5.23. The van der Waals surface area contributed by atoms with Gasteiger partial charge in [0.25, 0.3) is 5.91 Å². The number of carbonyl (C=O) groups is 1. The van der Waals surface area contributed by atoms with E-state index in [-0.39, 0.29) is 23.0 Å². The Kier molecular flexibility index (Phi) is 5.26. The summed E-state index contributed by atoms with van der Waals surface area (Å²) in [6, 6.07) is 4.78. The molecule has 3 aliphatic rings. The monoisotopic (exact) mass is 374 g/mol. The van der Waals surface area contributed by atoms with Gasteiger partial charge in [0.05, 0.1) is 11.7 Å². The van der Waals surface area contributed by atoms with E-state index in [2.05, 4.69) is 4.90 Å². The second kappa shape index (κ2) is 7.51. The summed E-state index contributed by atoms with van der Waals surface area (Å²) in [7, 11) is 0. The lowest BCUT2D eigenvalue weighted by Crippen LogP contribution is -2.60. The molecule has 1 aromatic rings. The smallest absolute Gasteiger partial charge is 0.257 e. The molecule has 148 valence electrons. The van der Waals surface area contributed by atoms with Gasteiger partial charge in [-0.25, -0.2) is 4.39 Å². The van der Waals surface area contributed by atoms with Gasteiger partial charge in [0, 0.05) is 38.1 Å². The van der Waals surface area contributed by atoms with Gasteiger partial charge in [-0.3, -0.25) is 4.79 Å². The van der Waals surface area contributed by atoms with Crippen LogP contribution in [0.3, 0.4) is 0 Å². The molecule has 4 nitrogen and oxygen atoms in total. The maximum absolute atomic E-state index is 14.3. The van der Waals surface area contributed by atoms with Crippen molar-refractivity contribution in [3.63, 3.8) is 0 Å². The molecule has 1 amide bonds. The van der Waals surface area contributed by atoms with Crippen LogP contribution >= 0.6 is 0 Å². The van der Waals surface area contributed by atoms with Crippen molar-refractivity contribution in [3.8, 4) is 0 Å². The Morgan fingerprint density at radius 1 is 1.22 bits per heavy atom. The first kappa shape index (κ1) is 18.9. The molecule has 2 heterocycles. The SMILES string of the molecule is Cc1cccc(F)c1C(=O)N1CCC[C@@]2(CN(CC3CCC3)CC[C@H]2O)C1. The van der Waals surface area contributed by atoms with Crippen molar-refractivity contribution in [3.05, 3.63) is 35.1 Å². The van der Waals surface area contributed by atoms with E-state index in [1.165, 1.54) is 25.3 Å². The summed E-state index contributed by atoms with van der Waals surface area (Å²) >= 11 is 0. The molecule has 3 fully saturated rings. The van der Waals surface area contributed by atoms with Gasteiger partial charge in [0.2, 0.25) is 0 Å². The van der Waals surface area contributed by atoms with Crippen molar-refractivity contribution >= 4 is 5.91 Å². The fourth-order valence-corrected chi connectivity index (χ4v) is 5.23. The lowest BCUT2D eigenvalue weighted by molar-refractivity contribution is -0.0830. The van der Waals surface area contributed by atoms with Crippen molar-refractivity contribution in [1.82, 2.24) is 9.80 Å². The molecule has 2 atom stereocenters. The second-order valence-corrected chi connectivity index (χ2v) is 8.96. The maximum atomic E-state index is 14.3. The van der Waals surface area contributed by atoms with E-state index < -0.39 is 5.82 Å². The number of nitrogens with zero attached hydrogens (tertiary/aromatic N) is 2. The Morgan fingerprint density at radius 3 is 2.74 bits per heavy atom. The number of carbonyl (C=O) groups excluding carboxylic acids is 1. The number of aliphatic hydroxyl groups excluding tert-OH is 1. The molecule has 2 saturated heterocycles. The molecule has 1 saturated carbocycles. The largest absolute Gasteiger partial charge is 0.392 e. The third-order valence-electron chi connectivity index (χ3n) is 7.04. The standard InChI is InChI=1S/C22H31FN2O2/c1-16-5-2-8-18(23)20(16)21(27)25-11-4-10-22(15-25)14-24(12-9-19(22)26)13-17-6-3-7-17/h2,5,8,17,19,26H,3-4,6-7,9-15H2,1H3/t19-,22-/m1/s1. The molecule has 27 heavy (non-hydrogen) atoms. The van der Waals surface area contributed by atoms with E-state index in [1.54, 1.807) is 24.0 Å². The molecule has 2 aliphatic heterocycles. The van der Waals surface area contributed by atoms with Crippen LogP contribution in [0.2, 0.25) is 0 Å². The minimum absolute atomic E-state index is 0.186. The van der Waals surface area contributed by atoms with Crippen molar-refractivity contribution in [2.24, 2.45) is 11.3 Å². The summed E-state index contributed by atoms with van der Waals surface area (Å²) in [6.45, 7) is 5.87. The molecule has 4 rings (SSSR count). The zero-order valence-corrected chi connectivity index (χ0v) is 16.3. The van der Waals surface area contributed by atoms with Gasteiger partial charge in [-0.1, -0.05) is 18.6 Å². The minimum atomic E-state index is -0.449. The predicted octanol–water partition coefficient (Wildman–Crippen LogP) is 3.22. The highest BCUT2D eigenvalue weighted by Gasteiger charge is 2.47. The van der Waals surface area contributed by atoms with E-state index in [9.17, 15) is 14.3 Å². The third kappa shape index (κ3) is 3.64. The molecule has 1 aromatic carbocycles. The summed E-state index contributed by atoms with van der Waals surface area (Å²) in [5.41, 5.74) is 0.594. The second-order valence-electron chi connectivity index (χ2n) is 8.96. The van der Waals surface area contributed by atoms with Gasteiger partial charge >= 0.3 is 0 Å². The van der Waals surface area contributed by atoms with Crippen LogP contribution in [0, 0.1) is 24.1 Å². The Bertz CT molecular complexity index is 685. The first-order valence-electron chi connectivity index (χ1n) is 10.4. The summed E-state index contributed by atoms with van der Waals surface area (Å²) < 4.78 is 14.3. The molecular weight excluding hydrogens is 343 g/mol. The number of amides is 1. The third-order valence-corrected chi connectivity index (χ3v) is 7.04. The lowest BCUT2D eigenvalue weighted by atomic mass is 9.71. The summed E-state index contributed by atoms with van der Waals surface area (Å²) in [6.07, 6.45) is 6.19. The maximum Gasteiger partial charge on any atom is 0.257 e. The summed E-state index contributed by atoms with van der Waals surface area (Å²) in [5.74, 6) is 0.128. The van der Waals surface area contributed by atoms with Gasteiger partial charge < -0.3 is 14.9 Å². The molecule has 0 radical (unpaired) electrons. The van der Waals surface area contributed by atoms with E-state index in [4.69, 9.17) is 0 Å². The minimum Gasteiger partial charge on any atom is -0.392 e. The molecule has 1 aliphatic carbocycles. The Balaban J connectivity index is 1.51. The molecule has 1 spiro atoms. The number of halogens is 1. The zero-order chi connectivity index (χ0) is 19.0. The topological polar surface area (TPSA) is 43.8 Å². The van der Waals surface area contributed by atoms with Crippen molar-refractivity contribution in [2.75, 3.05) is 32.7 Å². The molecule has 1 N–H and O–H groups in total. The summed E-state index contributed by atoms with van der Waals surface area (Å²) in [5, 5.41) is 10.8. The zero-order valence-electron chi connectivity index (χ0n) is 16.3. The van der Waals surface area contributed by atoms with Crippen LogP contribution in [0.1, 0.15) is 54.4 Å². The lowest BCUT2D eigenvalue weighted by Gasteiger charge is -2.52.